The topological polar surface area (TPSA) is 24.9 Å². The summed E-state index contributed by atoms with van der Waals surface area (Å²) in [5, 5.41) is 3.78. The lowest BCUT2D eigenvalue weighted by Gasteiger charge is -2.28. The molecule has 0 aliphatic heterocycles. The first-order valence-corrected chi connectivity index (χ1v) is 8.92. The molecule has 1 aromatic rings. The summed E-state index contributed by atoms with van der Waals surface area (Å²) in [7, 11) is 0. The van der Waals surface area contributed by atoms with Gasteiger partial charge in [-0.05, 0) is 49.8 Å². The summed E-state index contributed by atoms with van der Waals surface area (Å²) in [5.41, 5.74) is 2.56. The van der Waals surface area contributed by atoms with Crippen molar-refractivity contribution in [3.8, 4) is 0 Å². The number of aryl methyl sites for hydroxylation is 1. The van der Waals surface area contributed by atoms with Crippen molar-refractivity contribution in [1.82, 2.24) is 10.3 Å². The zero-order valence-electron chi connectivity index (χ0n) is 14.5. The number of nitrogens with one attached hydrogen (secondary N) is 1. The van der Waals surface area contributed by atoms with Crippen LogP contribution in [0.15, 0.2) is 18.3 Å². The van der Waals surface area contributed by atoms with E-state index in [-0.39, 0.29) is 0 Å². The van der Waals surface area contributed by atoms with Gasteiger partial charge in [-0.25, -0.2) is 0 Å². The fourth-order valence-electron chi connectivity index (χ4n) is 3.03. The van der Waals surface area contributed by atoms with Gasteiger partial charge < -0.3 is 5.32 Å². The molecule has 2 heteroatoms. The van der Waals surface area contributed by atoms with Crippen LogP contribution in [0.1, 0.15) is 71.1 Å². The summed E-state index contributed by atoms with van der Waals surface area (Å²) in [6.07, 6.45) is 10.6. The molecule has 1 rings (SSSR count). The minimum Gasteiger partial charge on any atom is -0.313 e. The third kappa shape index (κ3) is 6.60. The van der Waals surface area contributed by atoms with Crippen LogP contribution in [0.5, 0.6) is 0 Å². The lowest BCUT2D eigenvalue weighted by Crippen LogP contribution is -2.38. The van der Waals surface area contributed by atoms with Crippen LogP contribution in [0.25, 0.3) is 0 Å². The van der Waals surface area contributed by atoms with E-state index in [2.05, 4.69) is 50.1 Å². The molecule has 0 bridgehead atoms. The first kappa shape index (κ1) is 18.2. The zero-order valence-corrected chi connectivity index (χ0v) is 14.5. The summed E-state index contributed by atoms with van der Waals surface area (Å²) in [6, 6.07) is 5.02. The van der Waals surface area contributed by atoms with Crippen LogP contribution in [0.4, 0.5) is 0 Å². The first-order valence-electron chi connectivity index (χ1n) is 8.92. The average Bonchev–Trinajstić information content (AvgIpc) is 2.52. The maximum Gasteiger partial charge on any atom is 0.0419 e. The molecule has 0 radical (unpaired) electrons. The minimum atomic E-state index is 0.574. The lowest BCUT2D eigenvalue weighted by molar-refractivity contribution is 0.307. The van der Waals surface area contributed by atoms with Gasteiger partial charge in [0, 0.05) is 24.4 Å². The fraction of sp³-hybridized carbons (Fsp3) is 0.737. The lowest BCUT2D eigenvalue weighted by atomic mass is 9.87. The molecule has 0 aromatic carbocycles. The van der Waals surface area contributed by atoms with Gasteiger partial charge in [0.05, 0.1) is 0 Å². The number of hydrogen-bond donors (Lipinski definition) is 1. The molecule has 0 aliphatic carbocycles. The van der Waals surface area contributed by atoms with Gasteiger partial charge in [0.15, 0.2) is 0 Å². The molecule has 0 fully saturated rings. The average molecular weight is 290 g/mol. The van der Waals surface area contributed by atoms with Crippen LogP contribution in [0.2, 0.25) is 0 Å². The monoisotopic (exact) mass is 290 g/mol. The Hall–Kier alpha value is -0.890. The molecular formula is C19H34N2. The van der Waals surface area contributed by atoms with Crippen molar-refractivity contribution >= 4 is 0 Å². The molecule has 1 atom stereocenters. The van der Waals surface area contributed by atoms with Crippen LogP contribution in [-0.4, -0.2) is 17.6 Å². The molecule has 0 amide bonds. The van der Waals surface area contributed by atoms with E-state index < -0.39 is 0 Å². The molecular weight excluding hydrogens is 256 g/mol. The molecule has 1 aromatic heterocycles. The highest BCUT2D eigenvalue weighted by Gasteiger charge is 2.20. The van der Waals surface area contributed by atoms with Crippen molar-refractivity contribution in [2.75, 3.05) is 6.54 Å². The largest absolute Gasteiger partial charge is 0.313 e. The Balaban J connectivity index is 2.73. The Morgan fingerprint density at radius 1 is 1.00 bits per heavy atom. The molecule has 1 heterocycles. The Kier molecular flexibility index (Phi) is 9.32. The molecule has 0 saturated carbocycles. The van der Waals surface area contributed by atoms with E-state index in [1.54, 1.807) is 0 Å². The van der Waals surface area contributed by atoms with E-state index in [0.29, 0.717) is 6.04 Å². The number of aromatic nitrogens is 1. The molecule has 0 aliphatic rings. The first-order chi connectivity index (χ1) is 10.2. The maximum absolute atomic E-state index is 4.66. The molecule has 21 heavy (non-hydrogen) atoms. The Morgan fingerprint density at radius 3 is 2.19 bits per heavy atom. The predicted octanol–water partition coefficient (Wildman–Crippen LogP) is 4.77. The number of rotatable bonds is 11. The smallest absolute Gasteiger partial charge is 0.0419 e. The van der Waals surface area contributed by atoms with Crippen molar-refractivity contribution < 1.29 is 0 Å². The number of nitrogens with zero attached hydrogens (tertiary/aromatic N) is 1. The second-order valence-corrected chi connectivity index (χ2v) is 6.11. The van der Waals surface area contributed by atoms with Gasteiger partial charge in [-0.2, -0.15) is 0 Å². The summed E-state index contributed by atoms with van der Waals surface area (Å²) >= 11 is 0. The van der Waals surface area contributed by atoms with Gasteiger partial charge in [0.25, 0.3) is 0 Å². The Labute approximate surface area is 131 Å². The SMILES string of the molecule is CCCNC(Cc1ccc(CC)cn1)C(CCC)CCC. The van der Waals surface area contributed by atoms with Crippen molar-refractivity contribution in [1.29, 1.82) is 0 Å². The van der Waals surface area contributed by atoms with E-state index in [1.165, 1.54) is 43.4 Å². The van der Waals surface area contributed by atoms with E-state index in [0.717, 1.165) is 25.3 Å². The van der Waals surface area contributed by atoms with Crippen LogP contribution >= 0.6 is 0 Å². The highest BCUT2D eigenvalue weighted by atomic mass is 14.9. The van der Waals surface area contributed by atoms with Gasteiger partial charge in [-0.15, -0.1) is 0 Å². The van der Waals surface area contributed by atoms with E-state index in [4.69, 9.17) is 0 Å². The highest BCUT2D eigenvalue weighted by molar-refractivity contribution is 5.14. The van der Waals surface area contributed by atoms with Gasteiger partial charge in [0.2, 0.25) is 0 Å². The van der Waals surface area contributed by atoms with Crippen molar-refractivity contribution in [2.24, 2.45) is 5.92 Å². The van der Waals surface area contributed by atoms with Crippen molar-refractivity contribution in [3.63, 3.8) is 0 Å². The summed E-state index contributed by atoms with van der Waals surface area (Å²) in [4.78, 5) is 4.66. The number of pyridine rings is 1. The quantitative estimate of drug-likeness (QED) is 0.635. The van der Waals surface area contributed by atoms with E-state index in [9.17, 15) is 0 Å². The number of hydrogen-bond acceptors (Lipinski definition) is 2. The predicted molar refractivity (Wildman–Crippen MR) is 92.7 cm³/mol. The second kappa shape index (κ2) is 10.8. The van der Waals surface area contributed by atoms with Gasteiger partial charge >= 0.3 is 0 Å². The van der Waals surface area contributed by atoms with Crippen LogP contribution in [-0.2, 0) is 12.8 Å². The summed E-state index contributed by atoms with van der Waals surface area (Å²) < 4.78 is 0. The minimum absolute atomic E-state index is 0.574. The van der Waals surface area contributed by atoms with E-state index in [1.807, 2.05) is 6.20 Å². The van der Waals surface area contributed by atoms with Gasteiger partial charge in [-0.1, -0.05) is 46.6 Å². The molecule has 1 unspecified atom stereocenters. The summed E-state index contributed by atoms with van der Waals surface area (Å²) in [6.45, 7) is 10.1. The van der Waals surface area contributed by atoms with Crippen LogP contribution in [0.3, 0.4) is 0 Å². The summed E-state index contributed by atoms with van der Waals surface area (Å²) in [5.74, 6) is 0.777. The van der Waals surface area contributed by atoms with Crippen LogP contribution < -0.4 is 5.32 Å². The highest BCUT2D eigenvalue weighted by Crippen LogP contribution is 2.21. The van der Waals surface area contributed by atoms with Crippen molar-refractivity contribution in [3.05, 3.63) is 29.6 Å². The molecule has 120 valence electrons. The van der Waals surface area contributed by atoms with Crippen molar-refractivity contribution in [2.45, 2.75) is 78.7 Å². The third-order valence-electron chi connectivity index (χ3n) is 4.27. The Morgan fingerprint density at radius 2 is 1.71 bits per heavy atom. The second-order valence-electron chi connectivity index (χ2n) is 6.11. The molecule has 0 spiro atoms. The normalized spacial score (nSPS) is 12.8. The van der Waals surface area contributed by atoms with Gasteiger partial charge in [-0.3, -0.25) is 4.98 Å². The zero-order chi connectivity index (χ0) is 15.5. The maximum atomic E-state index is 4.66. The Bertz CT molecular complexity index is 352. The van der Waals surface area contributed by atoms with Crippen LogP contribution in [0, 0.1) is 5.92 Å². The molecule has 1 N–H and O–H groups in total. The van der Waals surface area contributed by atoms with E-state index >= 15 is 0 Å². The standard InChI is InChI=1S/C19H34N2/c1-5-9-17(10-6-2)19(20-13-7-3)14-18-12-11-16(8-4)15-21-18/h11-12,15,17,19-20H,5-10,13-14H2,1-4H3. The molecule has 0 saturated heterocycles. The fourth-order valence-corrected chi connectivity index (χ4v) is 3.03. The molecule has 2 nitrogen and oxygen atoms in total. The third-order valence-corrected chi connectivity index (χ3v) is 4.27. The van der Waals surface area contributed by atoms with Gasteiger partial charge in [0.1, 0.15) is 0 Å².